The van der Waals surface area contributed by atoms with Crippen molar-refractivity contribution in [3.63, 3.8) is 0 Å². The Balaban J connectivity index is 3.01. The number of nitrogens with one attached hydrogen (secondary N) is 1. The number of amides is 2. The molecule has 7 nitrogen and oxygen atoms in total. The molecule has 0 unspecified atom stereocenters. The van der Waals surface area contributed by atoms with Crippen LogP contribution in [-0.4, -0.2) is 55.6 Å². The predicted molar refractivity (Wildman–Crippen MR) is 83.2 cm³/mol. The second kappa shape index (κ2) is 8.14. The number of aliphatic hydroxyl groups is 1. The van der Waals surface area contributed by atoms with Gasteiger partial charge in [-0.05, 0) is 30.2 Å². The lowest BCUT2D eigenvalue weighted by atomic mass is 10.0. The van der Waals surface area contributed by atoms with Crippen molar-refractivity contribution >= 4 is 17.7 Å². The molecule has 0 atom stereocenters. The summed E-state index contributed by atoms with van der Waals surface area (Å²) in [4.78, 5) is 28.4. The third-order valence-electron chi connectivity index (χ3n) is 3.00. The highest BCUT2D eigenvalue weighted by Gasteiger charge is 2.14. The highest BCUT2D eigenvalue weighted by molar-refractivity contribution is 6.39. The van der Waals surface area contributed by atoms with Crippen LogP contribution in [0, 0.1) is 6.92 Å². The lowest BCUT2D eigenvalue weighted by molar-refractivity contribution is -0.114. The van der Waals surface area contributed by atoms with E-state index in [4.69, 9.17) is 9.84 Å². The number of hydrogen-bond acceptors (Lipinski definition) is 5. The van der Waals surface area contributed by atoms with Crippen LogP contribution in [0.2, 0.25) is 0 Å². The Labute approximate surface area is 129 Å². The van der Waals surface area contributed by atoms with Gasteiger partial charge >= 0.3 is 6.09 Å². The number of hydrogen-bond donors (Lipinski definition) is 2. The van der Waals surface area contributed by atoms with Crippen molar-refractivity contribution in [2.24, 2.45) is 4.99 Å². The van der Waals surface area contributed by atoms with Gasteiger partial charge < -0.3 is 20.1 Å². The summed E-state index contributed by atoms with van der Waals surface area (Å²) in [5, 5.41) is 11.4. The van der Waals surface area contributed by atoms with Crippen LogP contribution in [-0.2, 0) is 11.2 Å². The molecule has 22 heavy (non-hydrogen) atoms. The van der Waals surface area contributed by atoms with Crippen molar-refractivity contribution in [2.75, 3.05) is 27.9 Å². The molecule has 1 rings (SSSR count). The van der Waals surface area contributed by atoms with Crippen LogP contribution >= 0.6 is 0 Å². The Kier molecular flexibility index (Phi) is 6.52. The van der Waals surface area contributed by atoms with Gasteiger partial charge in [-0.2, -0.15) is 0 Å². The van der Waals surface area contributed by atoms with Gasteiger partial charge in [0.2, 0.25) is 0 Å². The van der Waals surface area contributed by atoms with Gasteiger partial charge in [0.05, 0.1) is 0 Å². The van der Waals surface area contributed by atoms with E-state index >= 15 is 0 Å². The van der Waals surface area contributed by atoms with Crippen molar-refractivity contribution in [2.45, 2.75) is 13.3 Å². The van der Waals surface area contributed by atoms with E-state index in [0.29, 0.717) is 5.75 Å². The fraction of sp³-hybridized carbons (Fsp3) is 0.400. The van der Waals surface area contributed by atoms with Gasteiger partial charge in [-0.3, -0.25) is 9.79 Å². The van der Waals surface area contributed by atoms with Crippen LogP contribution < -0.4 is 10.1 Å². The predicted octanol–water partition coefficient (Wildman–Crippen LogP) is 0.735. The largest absolute Gasteiger partial charge is 0.414 e. The van der Waals surface area contributed by atoms with Crippen molar-refractivity contribution in [3.8, 4) is 5.75 Å². The summed E-state index contributed by atoms with van der Waals surface area (Å²) < 4.78 is 5.20. The summed E-state index contributed by atoms with van der Waals surface area (Å²) in [6.07, 6.45) is -0.246. The first-order chi connectivity index (χ1) is 10.4. The molecule has 0 saturated carbocycles. The summed E-state index contributed by atoms with van der Waals surface area (Å²) >= 11 is 0. The Morgan fingerprint density at radius 1 is 1.36 bits per heavy atom. The van der Waals surface area contributed by atoms with Gasteiger partial charge in [-0.1, -0.05) is 6.07 Å². The van der Waals surface area contributed by atoms with Crippen LogP contribution in [0.15, 0.2) is 23.2 Å². The molecular weight excluding hydrogens is 286 g/mol. The minimum atomic E-state index is -0.481. The molecule has 0 spiro atoms. The first-order valence-electron chi connectivity index (χ1n) is 6.74. The highest BCUT2D eigenvalue weighted by atomic mass is 16.6. The molecule has 0 heterocycles. The second-order valence-corrected chi connectivity index (χ2v) is 4.85. The van der Waals surface area contributed by atoms with Crippen LogP contribution in [0.4, 0.5) is 4.79 Å². The average molecular weight is 307 g/mol. The van der Waals surface area contributed by atoms with E-state index in [1.165, 1.54) is 11.9 Å². The number of rotatable bonds is 5. The summed E-state index contributed by atoms with van der Waals surface area (Å²) in [6.45, 7) is 1.42. The molecule has 0 saturated heterocycles. The first kappa shape index (κ1) is 17.6. The monoisotopic (exact) mass is 307 g/mol. The molecule has 2 N–H and O–H groups in total. The smallest absolute Gasteiger partial charge is 0.410 e. The molecule has 120 valence electrons. The van der Waals surface area contributed by atoms with Gasteiger partial charge in [0.15, 0.2) is 0 Å². The average Bonchev–Trinajstić information content (AvgIpc) is 2.49. The fourth-order valence-electron chi connectivity index (χ4n) is 1.71. The van der Waals surface area contributed by atoms with E-state index in [-0.39, 0.29) is 18.0 Å². The SMILES string of the molecule is CNC(=O)/C(Cc1cc(OC(=O)N(C)C)ccc1C)=N/CO. The maximum absolute atomic E-state index is 11.7. The zero-order valence-electron chi connectivity index (χ0n) is 13.2. The molecule has 0 aliphatic carbocycles. The van der Waals surface area contributed by atoms with E-state index in [9.17, 15) is 9.59 Å². The van der Waals surface area contributed by atoms with Crippen LogP contribution in [0.1, 0.15) is 11.1 Å². The fourth-order valence-corrected chi connectivity index (χ4v) is 1.71. The van der Waals surface area contributed by atoms with Crippen LogP contribution in [0.25, 0.3) is 0 Å². The lowest BCUT2D eigenvalue weighted by Gasteiger charge is -2.13. The molecule has 0 aliphatic heterocycles. The van der Waals surface area contributed by atoms with E-state index < -0.39 is 12.8 Å². The first-order valence-corrected chi connectivity index (χ1v) is 6.74. The Bertz CT molecular complexity index is 582. The molecule has 0 bridgehead atoms. The molecule has 7 heteroatoms. The summed E-state index contributed by atoms with van der Waals surface area (Å²) in [5.41, 5.74) is 1.93. The van der Waals surface area contributed by atoms with Crippen molar-refractivity contribution in [3.05, 3.63) is 29.3 Å². The maximum Gasteiger partial charge on any atom is 0.414 e. The molecule has 0 aromatic heterocycles. The number of aliphatic imine (C=N–C) groups is 1. The quantitative estimate of drug-likeness (QED) is 0.785. The topological polar surface area (TPSA) is 91.2 Å². The van der Waals surface area contributed by atoms with Crippen LogP contribution in [0.5, 0.6) is 5.75 Å². The van der Waals surface area contributed by atoms with Gasteiger partial charge in [-0.15, -0.1) is 0 Å². The minimum Gasteiger partial charge on any atom is -0.410 e. The third kappa shape index (κ3) is 4.85. The number of ether oxygens (including phenoxy) is 1. The zero-order valence-corrected chi connectivity index (χ0v) is 13.2. The van der Waals surface area contributed by atoms with Crippen molar-refractivity contribution in [1.29, 1.82) is 0 Å². The molecule has 1 aromatic rings. The zero-order chi connectivity index (χ0) is 16.7. The molecular formula is C15H21N3O4. The standard InChI is InChI=1S/C15H21N3O4/c1-10-5-6-12(22-15(21)18(3)4)7-11(10)8-13(17-9-19)14(20)16-2/h5-7,19H,8-9H2,1-4H3,(H,16,20)/b17-13+. The summed E-state index contributed by atoms with van der Waals surface area (Å²) in [6, 6.07) is 5.17. The van der Waals surface area contributed by atoms with Crippen molar-refractivity contribution < 1.29 is 19.4 Å². The summed E-state index contributed by atoms with van der Waals surface area (Å²) in [5.74, 6) is 0.0312. The molecule has 2 amide bonds. The van der Waals surface area contributed by atoms with Gasteiger partial charge in [-0.25, -0.2) is 4.79 Å². The highest BCUT2D eigenvalue weighted by Crippen LogP contribution is 2.19. The third-order valence-corrected chi connectivity index (χ3v) is 3.00. The van der Waals surface area contributed by atoms with E-state index in [2.05, 4.69) is 10.3 Å². The number of nitrogens with zero attached hydrogens (tertiary/aromatic N) is 2. The number of carbonyl (C=O) groups is 2. The lowest BCUT2D eigenvalue weighted by Crippen LogP contribution is -2.29. The normalized spacial score (nSPS) is 11.0. The maximum atomic E-state index is 11.7. The minimum absolute atomic E-state index is 0.212. The summed E-state index contributed by atoms with van der Waals surface area (Å²) in [7, 11) is 4.68. The number of aryl methyl sites for hydroxylation is 1. The molecule has 0 radical (unpaired) electrons. The second-order valence-electron chi connectivity index (χ2n) is 4.85. The molecule has 0 aliphatic rings. The van der Waals surface area contributed by atoms with E-state index in [1.807, 2.05) is 6.92 Å². The van der Waals surface area contributed by atoms with E-state index in [0.717, 1.165) is 11.1 Å². The van der Waals surface area contributed by atoms with Gasteiger partial charge in [0.1, 0.15) is 18.2 Å². The molecule has 0 fully saturated rings. The Morgan fingerprint density at radius 3 is 2.59 bits per heavy atom. The van der Waals surface area contributed by atoms with Gasteiger partial charge in [0.25, 0.3) is 5.91 Å². The molecule has 1 aromatic carbocycles. The van der Waals surface area contributed by atoms with Crippen molar-refractivity contribution in [1.82, 2.24) is 10.2 Å². The van der Waals surface area contributed by atoms with Crippen LogP contribution in [0.3, 0.4) is 0 Å². The van der Waals surface area contributed by atoms with Gasteiger partial charge in [0, 0.05) is 27.6 Å². The number of benzene rings is 1. The Hall–Kier alpha value is -2.41. The van der Waals surface area contributed by atoms with E-state index in [1.54, 1.807) is 32.3 Å². The Morgan fingerprint density at radius 2 is 2.05 bits per heavy atom. The number of carbonyl (C=O) groups excluding carboxylic acids is 2. The number of aliphatic hydroxyl groups excluding tert-OH is 1.